The number of nitrogens with one attached hydrogen (secondary N) is 2. The molecule has 0 aromatic carbocycles. The summed E-state index contributed by atoms with van der Waals surface area (Å²) in [5.41, 5.74) is 0.490. The number of halogens is 1. The fourth-order valence-corrected chi connectivity index (χ4v) is 2.51. The van der Waals surface area contributed by atoms with Gasteiger partial charge in [0.15, 0.2) is 5.65 Å². The van der Waals surface area contributed by atoms with Crippen LogP contribution in [-0.4, -0.2) is 37.8 Å². The molecule has 2 N–H and O–H groups in total. The third-order valence-electron chi connectivity index (χ3n) is 3.27. The fraction of sp³-hybridized carbons (Fsp3) is 0.250. The number of aromatic nitrogens is 4. The van der Waals surface area contributed by atoms with Crippen LogP contribution in [0.5, 0.6) is 5.88 Å². The predicted octanol–water partition coefficient (Wildman–Crippen LogP) is 2.87. The smallest absolute Gasteiger partial charge is 0.319 e. The number of ether oxygens (including phenoxy) is 1. The van der Waals surface area contributed by atoms with Gasteiger partial charge in [0.1, 0.15) is 12.3 Å². The Morgan fingerprint density at radius 3 is 2.92 bits per heavy atom. The molecule has 0 atom stereocenters. The molecule has 3 rings (SSSR count). The number of carbonyl (C=O) groups excluding carboxylic acids is 1. The molecule has 0 spiro atoms. The molecule has 0 aliphatic heterocycles. The lowest BCUT2D eigenvalue weighted by Gasteiger charge is -2.26. The van der Waals surface area contributed by atoms with E-state index in [-0.39, 0.29) is 12.6 Å². The fourth-order valence-electron chi connectivity index (χ4n) is 2.14. The minimum Gasteiger partial charge on any atom is -0.474 e. The highest BCUT2D eigenvalue weighted by atomic mass is 79.9. The molecule has 0 aliphatic rings. The topological polar surface area (TPSA) is 93.4 Å². The van der Waals surface area contributed by atoms with Crippen molar-refractivity contribution in [3.63, 3.8) is 0 Å². The number of hydrogen-bond acceptors (Lipinski definition) is 5. The molecule has 3 heterocycles. The van der Waals surface area contributed by atoms with Crippen molar-refractivity contribution in [1.82, 2.24) is 24.9 Å². The van der Waals surface area contributed by atoms with Crippen molar-refractivity contribution in [3.05, 3.63) is 47.5 Å². The van der Waals surface area contributed by atoms with Crippen LogP contribution in [-0.2, 0) is 0 Å². The Kier molecular flexibility index (Phi) is 4.84. The lowest BCUT2D eigenvalue weighted by atomic mass is 10.1. The van der Waals surface area contributed by atoms with Gasteiger partial charge >= 0.3 is 6.03 Å². The normalized spacial score (nSPS) is 11.3. The Bertz CT molecular complexity index is 895. The molecule has 0 unspecified atom stereocenters. The zero-order valence-corrected chi connectivity index (χ0v) is 15.3. The van der Waals surface area contributed by atoms with Crippen molar-refractivity contribution in [2.24, 2.45) is 0 Å². The zero-order chi connectivity index (χ0) is 17.9. The summed E-state index contributed by atoms with van der Waals surface area (Å²) in [6, 6.07) is 5.04. The minimum absolute atomic E-state index is 0.253. The van der Waals surface area contributed by atoms with Gasteiger partial charge in [0, 0.05) is 18.6 Å². The molecule has 0 saturated carbocycles. The molecule has 0 bridgehead atoms. The highest BCUT2D eigenvalue weighted by Gasteiger charge is 2.23. The van der Waals surface area contributed by atoms with Crippen molar-refractivity contribution >= 4 is 33.3 Å². The summed E-state index contributed by atoms with van der Waals surface area (Å²) in [4.78, 5) is 20.6. The van der Waals surface area contributed by atoms with Gasteiger partial charge in [-0.05, 0) is 48.0 Å². The third kappa shape index (κ3) is 4.24. The van der Waals surface area contributed by atoms with E-state index in [1.807, 2.05) is 19.9 Å². The van der Waals surface area contributed by atoms with E-state index in [0.717, 1.165) is 4.47 Å². The average Bonchev–Trinajstić information content (AvgIpc) is 2.97. The summed E-state index contributed by atoms with van der Waals surface area (Å²) in [6.45, 7) is 3.97. The Hall–Kier alpha value is -2.68. The molecule has 3 aromatic heterocycles. The van der Waals surface area contributed by atoms with E-state index in [9.17, 15) is 4.79 Å². The van der Waals surface area contributed by atoms with Gasteiger partial charge in [-0.2, -0.15) is 5.10 Å². The first-order valence-corrected chi connectivity index (χ1v) is 8.35. The van der Waals surface area contributed by atoms with E-state index in [1.165, 1.54) is 0 Å². The highest BCUT2D eigenvalue weighted by molar-refractivity contribution is 9.10. The highest BCUT2D eigenvalue weighted by Crippen LogP contribution is 2.22. The van der Waals surface area contributed by atoms with Crippen LogP contribution in [0.2, 0.25) is 0 Å². The van der Waals surface area contributed by atoms with Gasteiger partial charge in [-0.25, -0.2) is 19.3 Å². The monoisotopic (exact) mass is 404 g/mol. The van der Waals surface area contributed by atoms with Gasteiger partial charge in [0.2, 0.25) is 5.88 Å². The Morgan fingerprint density at radius 1 is 1.32 bits per heavy atom. The van der Waals surface area contributed by atoms with Crippen LogP contribution in [0.4, 0.5) is 10.5 Å². The van der Waals surface area contributed by atoms with Gasteiger partial charge in [-0.1, -0.05) is 0 Å². The van der Waals surface area contributed by atoms with Crippen molar-refractivity contribution in [2.45, 2.75) is 19.4 Å². The number of hydrogen-bond donors (Lipinski definition) is 2. The molecule has 3 aromatic rings. The van der Waals surface area contributed by atoms with Gasteiger partial charge < -0.3 is 15.4 Å². The number of amides is 2. The number of urea groups is 1. The molecular weight excluding hydrogens is 388 g/mol. The lowest BCUT2D eigenvalue weighted by molar-refractivity contribution is 0.197. The van der Waals surface area contributed by atoms with E-state index >= 15 is 0 Å². The molecule has 2 amide bonds. The van der Waals surface area contributed by atoms with Crippen LogP contribution in [0.3, 0.4) is 0 Å². The number of carbonyl (C=O) groups is 1. The average molecular weight is 405 g/mol. The first-order valence-electron chi connectivity index (χ1n) is 7.55. The summed E-state index contributed by atoms with van der Waals surface area (Å²) in [7, 11) is 0. The second kappa shape index (κ2) is 7.06. The number of fused-ring (bicyclic) bond motifs is 1. The van der Waals surface area contributed by atoms with E-state index in [2.05, 4.69) is 41.6 Å². The van der Waals surface area contributed by atoms with E-state index in [0.29, 0.717) is 17.2 Å². The Morgan fingerprint density at radius 2 is 2.12 bits per heavy atom. The molecule has 130 valence electrons. The summed E-state index contributed by atoms with van der Waals surface area (Å²) >= 11 is 3.37. The standard InChI is InChI=1S/C16H17BrN6O2/c1-16(2,10-25-14-11(17)5-3-6-19-14)22-15(24)21-12-9-20-23-8-4-7-18-13(12)23/h3-9H,10H2,1-2H3,(H2,21,22,24). The largest absolute Gasteiger partial charge is 0.474 e. The summed E-state index contributed by atoms with van der Waals surface area (Å²) in [6.07, 6.45) is 6.60. The van der Waals surface area contributed by atoms with E-state index in [4.69, 9.17) is 4.74 Å². The molecule has 0 saturated heterocycles. The zero-order valence-electron chi connectivity index (χ0n) is 13.7. The van der Waals surface area contributed by atoms with Crippen LogP contribution >= 0.6 is 15.9 Å². The number of rotatable bonds is 5. The molecular formula is C16H17BrN6O2. The Balaban J connectivity index is 1.60. The van der Waals surface area contributed by atoms with Crippen molar-refractivity contribution in [2.75, 3.05) is 11.9 Å². The first kappa shape index (κ1) is 17.2. The number of anilines is 1. The van der Waals surface area contributed by atoms with Gasteiger partial charge in [-0.15, -0.1) is 0 Å². The van der Waals surface area contributed by atoms with Crippen LogP contribution in [0.25, 0.3) is 5.65 Å². The molecule has 0 radical (unpaired) electrons. The van der Waals surface area contributed by atoms with E-state index in [1.54, 1.807) is 41.4 Å². The van der Waals surface area contributed by atoms with Crippen molar-refractivity contribution < 1.29 is 9.53 Å². The van der Waals surface area contributed by atoms with Crippen molar-refractivity contribution in [3.8, 4) is 5.88 Å². The molecule has 8 nitrogen and oxygen atoms in total. The quantitative estimate of drug-likeness (QED) is 0.681. The molecule has 25 heavy (non-hydrogen) atoms. The SMILES string of the molecule is CC(C)(COc1ncccc1Br)NC(=O)Nc1cnn2cccnc12. The Labute approximate surface area is 152 Å². The third-order valence-corrected chi connectivity index (χ3v) is 3.88. The first-order chi connectivity index (χ1) is 11.9. The second-order valence-corrected chi connectivity index (χ2v) is 6.84. The predicted molar refractivity (Wildman–Crippen MR) is 96.7 cm³/mol. The van der Waals surface area contributed by atoms with Crippen LogP contribution in [0, 0.1) is 0 Å². The maximum atomic E-state index is 12.3. The van der Waals surface area contributed by atoms with Gasteiger partial charge in [0.25, 0.3) is 0 Å². The van der Waals surface area contributed by atoms with Gasteiger partial charge in [-0.3, -0.25) is 0 Å². The molecule has 0 fully saturated rings. The van der Waals surface area contributed by atoms with Crippen LogP contribution in [0.1, 0.15) is 13.8 Å². The summed E-state index contributed by atoms with van der Waals surface area (Å²) in [5, 5.41) is 9.75. The second-order valence-electron chi connectivity index (χ2n) is 5.99. The van der Waals surface area contributed by atoms with Crippen molar-refractivity contribution in [1.29, 1.82) is 0 Å². The van der Waals surface area contributed by atoms with Crippen LogP contribution in [0.15, 0.2) is 47.5 Å². The lowest BCUT2D eigenvalue weighted by Crippen LogP contribution is -2.49. The summed E-state index contributed by atoms with van der Waals surface area (Å²) < 4.78 is 8.02. The molecule has 0 aliphatic carbocycles. The summed E-state index contributed by atoms with van der Waals surface area (Å²) in [5.74, 6) is 0.476. The number of nitrogens with zero attached hydrogens (tertiary/aromatic N) is 4. The van der Waals surface area contributed by atoms with E-state index < -0.39 is 5.54 Å². The number of pyridine rings is 1. The minimum atomic E-state index is -0.614. The maximum Gasteiger partial charge on any atom is 0.319 e. The maximum absolute atomic E-state index is 12.3. The van der Waals surface area contributed by atoms with Gasteiger partial charge in [0.05, 0.1) is 16.2 Å². The van der Waals surface area contributed by atoms with Crippen LogP contribution < -0.4 is 15.4 Å². The molecule has 9 heteroatoms.